The molecule has 1 N–H and O–H groups in total. The Kier molecular flexibility index (Phi) is 3.42. The van der Waals surface area contributed by atoms with Gasteiger partial charge in [-0.05, 0) is 18.6 Å². The first-order valence-electron chi connectivity index (χ1n) is 6.29. The van der Waals surface area contributed by atoms with Crippen molar-refractivity contribution in [2.45, 2.75) is 20.3 Å². The Morgan fingerprint density at radius 1 is 1.37 bits per heavy atom. The molecule has 2 rings (SSSR count). The number of aryl methyl sites for hydroxylation is 2. The molecule has 0 aliphatic rings. The largest absolute Gasteiger partial charge is 0.329 e. The predicted octanol–water partition coefficient (Wildman–Crippen LogP) is 1.26. The fourth-order valence-electron chi connectivity index (χ4n) is 1.87. The molecule has 19 heavy (non-hydrogen) atoms. The Labute approximate surface area is 111 Å². The van der Waals surface area contributed by atoms with Crippen LogP contribution in [0, 0.1) is 5.92 Å². The normalized spacial score (nSPS) is 12.6. The number of nitrogens with zero attached hydrogens (tertiary/aromatic N) is 3. The van der Waals surface area contributed by atoms with Crippen molar-refractivity contribution in [3.8, 4) is 0 Å². The molecule has 1 atom stereocenters. The van der Waals surface area contributed by atoms with Crippen LogP contribution in [0.5, 0.6) is 0 Å². The van der Waals surface area contributed by atoms with Crippen LogP contribution in [0.1, 0.15) is 20.3 Å². The number of hydrogen-bond acceptors (Lipinski definition) is 3. The number of anilines is 1. The zero-order valence-corrected chi connectivity index (χ0v) is 11.6. The van der Waals surface area contributed by atoms with E-state index in [1.54, 1.807) is 26.2 Å². The summed E-state index contributed by atoms with van der Waals surface area (Å²) in [5.41, 5.74) is 1.18. The van der Waals surface area contributed by atoms with E-state index in [9.17, 15) is 9.59 Å². The van der Waals surface area contributed by atoms with Crippen molar-refractivity contribution in [2.75, 3.05) is 5.32 Å². The van der Waals surface area contributed by atoms with Crippen LogP contribution in [0.3, 0.4) is 0 Å². The van der Waals surface area contributed by atoms with Crippen molar-refractivity contribution < 1.29 is 4.79 Å². The van der Waals surface area contributed by atoms with Gasteiger partial charge in [0, 0.05) is 20.0 Å². The van der Waals surface area contributed by atoms with Crippen LogP contribution in [0.2, 0.25) is 0 Å². The molecule has 2 aromatic rings. The average Bonchev–Trinajstić information content (AvgIpc) is 2.63. The average molecular weight is 262 g/mol. The summed E-state index contributed by atoms with van der Waals surface area (Å²) in [6.07, 6.45) is 0.776. The van der Waals surface area contributed by atoms with E-state index in [-0.39, 0.29) is 17.5 Å². The fourth-order valence-corrected chi connectivity index (χ4v) is 1.87. The minimum absolute atomic E-state index is 0.0583. The van der Waals surface area contributed by atoms with Gasteiger partial charge in [-0.15, -0.1) is 0 Å². The third-order valence-electron chi connectivity index (χ3n) is 3.42. The second-order valence-electron chi connectivity index (χ2n) is 4.74. The molecule has 0 saturated heterocycles. The van der Waals surface area contributed by atoms with Gasteiger partial charge < -0.3 is 5.32 Å². The SMILES string of the molecule is CC[C@@H](C)C(=O)Nc1ccc2c(n1)n(C)c(=O)n2C. The summed E-state index contributed by atoms with van der Waals surface area (Å²) in [5.74, 6) is 0.353. The van der Waals surface area contributed by atoms with Gasteiger partial charge in [0.15, 0.2) is 5.65 Å². The van der Waals surface area contributed by atoms with Crippen LogP contribution >= 0.6 is 0 Å². The van der Waals surface area contributed by atoms with Crippen LogP contribution < -0.4 is 11.0 Å². The third kappa shape index (κ3) is 2.25. The van der Waals surface area contributed by atoms with Gasteiger partial charge in [0.05, 0.1) is 5.52 Å². The first-order valence-corrected chi connectivity index (χ1v) is 6.29. The summed E-state index contributed by atoms with van der Waals surface area (Å²) < 4.78 is 3.00. The Morgan fingerprint density at radius 2 is 2.05 bits per heavy atom. The van der Waals surface area contributed by atoms with Gasteiger partial charge in [0.2, 0.25) is 5.91 Å². The highest BCUT2D eigenvalue weighted by Gasteiger charge is 2.13. The highest BCUT2D eigenvalue weighted by Crippen LogP contribution is 2.14. The van der Waals surface area contributed by atoms with Crippen LogP contribution in [-0.4, -0.2) is 20.0 Å². The summed E-state index contributed by atoms with van der Waals surface area (Å²) in [6, 6.07) is 3.50. The van der Waals surface area contributed by atoms with E-state index >= 15 is 0 Å². The first-order chi connectivity index (χ1) is 8.95. The molecule has 0 aliphatic carbocycles. The maximum Gasteiger partial charge on any atom is 0.329 e. The van der Waals surface area contributed by atoms with Gasteiger partial charge in [-0.1, -0.05) is 13.8 Å². The van der Waals surface area contributed by atoms with Crippen molar-refractivity contribution in [3.63, 3.8) is 0 Å². The topological polar surface area (TPSA) is 68.9 Å². The van der Waals surface area contributed by atoms with Gasteiger partial charge >= 0.3 is 5.69 Å². The van der Waals surface area contributed by atoms with E-state index in [0.29, 0.717) is 11.5 Å². The standard InChI is InChI=1S/C13H18N4O2/c1-5-8(2)12(18)15-10-7-6-9-11(14-10)17(4)13(19)16(9)3/h6-8H,5H2,1-4H3,(H,14,15,18)/t8-/m1/s1. The molecule has 0 aliphatic heterocycles. The molecule has 1 amide bonds. The van der Waals surface area contributed by atoms with Crippen LogP contribution in [0.15, 0.2) is 16.9 Å². The summed E-state index contributed by atoms with van der Waals surface area (Å²) in [7, 11) is 3.36. The van der Waals surface area contributed by atoms with Crippen molar-refractivity contribution in [1.82, 2.24) is 14.1 Å². The summed E-state index contributed by atoms with van der Waals surface area (Å²) in [5, 5.41) is 2.77. The summed E-state index contributed by atoms with van der Waals surface area (Å²) in [4.78, 5) is 27.9. The lowest BCUT2D eigenvalue weighted by atomic mass is 10.1. The summed E-state index contributed by atoms with van der Waals surface area (Å²) >= 11 is 0. The number of hydrogen-bond donors (Lipinski definition) is 1. The second-order valence-corrected chi connectivity index (χ2v) is 4.74. The third-order valence-corrected chi connectivity index (χ3v) is 3.42. The number of carbonyl (C=O) groups is 1. The molecular formula is C13H18N4O2. The monoisotopic (exact) mass is 262 g/mol. The highest BCUT2D eigenvalue weighted by atomic mass is 16.2. The van der Waals surface area contributed by atoms with Crippen molar-refractivity contribution in [2.24, 2.45) is 20.0 Å². The van der Waals surface area contributed by atoms with Crippen molar-refractivity contribution >= 4 is 22.9 Å². The quantitative estimate of drug-likeness (QED) is 0.905. The number of amides is 1. The van der Waals surface area contributed by atoms with Gasteiger partial charge in [0.25, 0.3) is 0 Å². The Balaban J connectivity index is 2.40. The van der Waals surface area contributed by atoms with E-state index in [1.807, 2.05) is 13.8 Å². The fraction of sp³-hybridized carbons (Fsp3) is 0.462. The van der Waals surface area contributed by atoms with E-state index in [4.69, 9.17) is 0 Å². The number of rotatable bonds is 3. The van der Waals surface area contributed by atoms with Crippen LogP contribution in [0.4, 0.5) is 5.82 Å². The number of fused-ring (bicyclic) bond motifs is 1. The van der Waals surface area contributed by atoms with Crippen molar-refractivity contribution in [1.29, 1.82) is 0 Å². The highest BCUT2D eigenvalue weighted by molar-refractivity contribution is 5.92. The Bertz CT molecular complexity index is 684. The Hall–Kier alpha value is -2.11. The minimum Gasteiger partial charge on any atom is -0.310 e. The van der Waals surface area contributed by atoms with E-state index in [1.165, 1.54) is 9.13 Å². The van der Waals surface area contributed by atoms with Crippen molar-refractivity contribution in [3.05, 3.63) is 22.6 Å². The molecule has 0 fully saturated rings. The van der Waals surface area contributed by atoms with Crippen LogP contribution in [0.25, 0.3) is 11.2 Å². The first kappa shape index (κ1) is 13.3. The Morgan fingerprint density at radius 3 is 2.68 bits per heavy atom. The molecule has 0 bridgehead atoms. The lowest BCUT2D eigenvalue weighted by Gasteiger charge is -2.09. The number of carbonyl (C=O) groups excluding carboxylic acids is 1. The minimum atomic E-state index is -0.132. The second kappa shape index (κ2) is 4.87. The van der Waals surface area contributed by atoms with E-state index in [2.05, 4.69) is 10.3 Å². The molecule has 0 spiro atoms. The molecule has 0 saturated carbocycles. The predicted molar refractivity (Wildman–Crippen MR) is 74.0 cm³/mol. The van der Waals surface area contributed by atoms with Crippen LogP contribution in [-0.2, 0) is 18.9 Å². The maximum absolute atomic E-state index is 11.8. The number of imidazole rings is 1. The zero-order chi connectivity index (χ0) is 14.2. The number of pyridine rings is 1. The molecule has 0 radical (unpaired) electrons. The van der Waals surface area contributed by atoms with Gasteiger partial charge in [0.1, 0.15) is 5.82 Å². The van der Waals surface area contributed by atoms with E-state index in [0.717, 1.165) is 11.9 Å². The van der Waals surface area contributed by atoms with Gasteiger partial charge in [-0.25, -0.2) is 9.78 Å². The molecule has 6 nitrogen and oxygen atoms in total. The smallest absolute Gasteiger partial charge is 0.310 e. The summed E-state index contributed by atoms with van der Waals surface area (Å²) in [6.45, 7) is 3.83. The number of aromatic nitrogens is 3. The maximum atomic E-state index is 11.8. The van der Waals surface area contributed by atoms with Gasteiger partial charge in [-0.3, -0.25) is 13.9 Å². The molecule has 102 valence electrons. The lowest BCUT2D eigenvalue weighted by Crippen LogP contribution is -2.20. The molecule has 0 aromatic carbocycles. The molecule has 0 unspecified atom stereocenters. The molecule has 6 heteroatoms. The lowest BCUT2D eigenvalue weighted by molar-refractivity contribution is -0.119. The number of nitrogens with one attached hydrogen (secondary N) is 1. The van der Waals surface area contributed by atoms with E-state index < -0.39 is 0 Å². The van der Waals surface area contributed by atoms with Gasteiger partial charge in [-0.2, -0.15) is 0 Å². The molecule has 2 aromatic heterocycles. The molecule has 2 heterocycles. The zero-order valence-electron chi connectivity index (χ0n) is 11.6. The molecular weight excluding hydrogens is 244 g/mol.